The van der Waals surface area contributed by atoms with Gasteiger partial charge in [0.1, 0.15) is 0 Å². The van der Waals surface area contributed by atoms with Crippen LogP contribution in [0.4, 0.5) is 0 Å². The standard InChI is InChI=1S/C8H16S/c1-4-7-6-9(3)8(7)5-2/h6-8H,4-5H2,1-3H3. The molecule has 0 N–H and O–H groups in total. The second kappa shape index (κ2) is 2.87. The highest BCUT2D eigenvalue weighted by Crippen LogP contribution is 2.37. The van der Waals surface area contributed by atoms with Crippen molar-refractivity contribution in [3.05, 3.63) is 0 Å². The zero-order valence-electron chi connectivity index (χ0n) is 6.55. The lowest BCUT2D eigenvalue weighted by molar-refractivity contribution is 0.613. The van der Waals surface area contributed by atoms with Gasteiger partial charge in [-0.25, -0.2) is 0 Å². The molecule has 3 atom stereocenters. The van der Waals surface area contributed by atoms with Gasteiger partial charge in [-0.05, 0) is 25.0 Å². The predicted octanol–water partition coefficient (Wildman–Crippen LogP) is 2.51. The highest BCUT2D eigenvalue weighted by molar-refractivity contribution is 8.16. The van der Waals surface area contributed by atoms with Crippen molar-refractivity contribution in [2.24, 2.45) is 5.92 Å². The summed E-state index contributed by atoms with van der Waals surface area (Å²) >= 11 is 0. The summed E-state index contributed by atoms with van der Waals surface area (Å²) in [7, 11) is 0.665. The Kier molecular flexibility index (Phi) is 2.34. The van der Waals surface area contributed by atoms with Gasteiger partial charge in [0.2, 0.25) is 0 Å². The van der Waals surface area contributed by atoms with Crippen molar-refractivity contribution >= 4 is 15.9 Å². The minimum atomic E-state index is 0.665. The molecule has 0 saturated carbocycles. The molecule has 0 aromatic carbocycles. The maximum Gasteiger partial charge on any atom is 0.00569 e. The van der Waals surface area contributed by atoms with E-state index in [-0.39, 0.29) is 0 Å². The first-order valence-corrected chi connectivity index (χ1v) is 5.54. The van der Waals surface area contributed by atoms with E-state index in [1.165, 1.54) is 12.8 Å². The van der Waals surface area contributed by atoms with E-state index in [2.05, 4.69) is 25.5 Å². The Balaban J connectivity index is 2.46. The minimum absolute atomic E-state index is 0.665. The number of hydrogen-bond acceptors (Lipinski definition) is 0. The minimum Gasteiger partial charge on any atom is -0.189 e. The molecular formula is C8H16S. The fraction of sp³-hybridized carbons (Fsp3) is 0.875. The quantitative estimate of drug-likeness (QED) is 0.522. The van der Waals surface area contributed by atoms with Crippen molar-refractivity contribution in [1.82, 2.24) is 0 Å². The van der Waals surface area contributed by atoms with E-state index in [1.807, 2.05) is 0 Å². The average Bonchev–Trinajstić information content (AvgIpc) is 1.83. The van der Waals surface area contributed by atoms with E-state index in [0.717, 1.165) is 11.2 Å². The zero-order valence-corrected chi connectivity index (χ0v) is 7.37. The smallest absolute Gasteiger partial charge is 0.00569 e. The van der Waals surface area contributed by atoms with E-state index in [9.17, 15) is 0 Å². The van der Waals surface area contributed by atoms with Crippen LogP contribution in [0.3, 0.4) is 0 Å². The Morgan fingerprint density at radius 2 is 2.00 bits per heavy atom. The first-order valence-electron chi connectivity index (χ1n) is 3.78. The van der Waals surface area contributed by atoms with Crippen LogP contribution in [0.5, 0.6) is 0 Å². The SMILES string of the molecule is CCC1C=S(C)C1CC. The van der Waals surface area contributed by atoms with Crippen molar-refractivity contribution in [2.45, 2.75) is 31.9 Å². The Labute approximate surface area is 60.6 Å². The molecule has 0 fully saturated rings. The Bertz CT molecular complexity index is 127. The second-order valence-electron chi connectivity index (χ2n) is 2.76. The Hall–Kier alpha value is 0.220. The zero-order chi connectivity index (χ0) is 6.85. The molecule has 0 aromatic rings. The Morgan fingerprint density at radius 1 is 1.33 bits per heavy atom. The van der Waals surface area contributed by atoms with Gasteiger partial charge in [-0.3, -0.25) is 0 Å². The lowest BCUT2D eigenvalue weighted by atomic mass is 10.0. The van der Waals surface area contributed by atoms with Crippen LogP contribution in [0.25, 0.3) is 0 Å². The third-order valence-corrected chi connectivity index (χ3v) is 4.64. The monoisotopic (exact) mass is 144 g/mol. The molecule has 1 rings (SSSR count). The molecule has 3 unspecified atom stereocenters. The first-order chi connectivity index (χ1) is 4.29. The molecule has 1 aliphatic heterocycles. The first kappa shape index (κ1) is 7.33. The summed E-state index contributed by atoms with van der Waals surface area (Å²) in [5.74, 6) is 0.961. The van der Waals surface area contributed by atoms with Crippen molar-refractivity contribution in [1.29, 1.82) is 0 Å². The van der Waals surface area contributed by atoms with Crippen molar-refractivity contribution in [2.75, 3.05) is 6.26 Å². The third-order valence-electron chi connectivity index (χ3n) is 2.22. The van der Waals surface area contributed by atoms with E-state index in [4.69, 9.17) is 0 Å². The van der Waals surface area contributed by atoms with Gasteiger partial charge in [-0.1, -0.05) is 19.2 Å². The summed E-state index contributed by atoms with van der Waals surface area (Å²) in [6, 6.07) is 0. The van der Waals surface area contributed by atoms with Crippen LogP contribution in [-0.2, 0) is 0 Å². The van der Waals surface area contributed by atoms with Crippen LogP contribution in [0, 0.1) is 5.92 Å². The summed E-state index contributed by atoms with van der Waals surface area (Å²) in [5.41, 5.74) is 0. The van der Waals surface area contributed by atoms with Gasteiger partial charge in [-0.2, -0.15) is 10.5 Å². The average molecular weight is 144 g/mol. The molecule has 0 nitrogen and oxygen atoms in total. The summed E-state index contributed by atoms with van der Waals surface area (Å²) < 4.78 is 0. The molecule has 0 amide bonds. The lowest BCUT2D eigenvalue weighted by Gasteiger charge is -2.34. The second-order valence-corrected chi connectivity index (χ2v) is 4.86. The molecule has 1 aliphatic rings. The van der Waals surface area contributed by atoms with Gasteiger partial charge in [-0.15, -0.1) is 0 Å². The normalized spacial score (nSPS) is 41.4. The fourth-order valence-electron chi connectivity index (χ4n) is 1.58. The maximum atomic E-state index is 2.52. The number of rotatable bonds is 2. The Morgan fingerprint density at radius 3 is 2.22 bits per heavy atom. The van der Waals surface area contributed by atoms with E-state index in [1.54, 1.807) is 0 Å². The largest absolute Gasteiger partial charge is 0.189 e. The highest BCUT2D eigenvalue weighted by Gasteiger charge is 2.24. The van der Waals surface area contributed by atoms with Crippen LogP contribution >= 0.6 is 10.5 Å². The summed E-state index contributed by atoms with van der Waals surface area (Å²) in [5, 5.41) is 3.56. The third kappa shape index (κ3) is 1.21. The van der Waals surface area contributed by atoms with Crippen LogP contribution in [0.1, 0.15) is 26.7 Å². The molecule has 0 spiro atoms. The molecule has 0 aliphatic carbocycles. The summed E-state index contributed by atoms with van der Waals surface area (Å²) in [6.07, 6.45) is 5.10. The van der Waals surface area contributed by atoms with Gasteiger partial charge in [0, 0.05) is 5.25 Å². The van der Waals surface area contributed by atoms with Crippen LogP contribution in [0.2, 0.25) is 0 Å². The van der Waals surface area contributed by atoms with E-state index >= 15 is 0 Å². The summed E-state index contributed by atoms with van der Waals surface area (Å²) in [4.78, 5) is 0. The maximum absolute atomic E-state index is 2.52. The van der Waals surface area contributed by atoms with Crippen molar-refractivity contribution in [3.63, 3.8) is 0 Å². The van der Waals surface area contributed by atoms with Gasteiger partial charge in [0.25, 0.3) is 0 Å². The predicted molar refractivity (Wildman–Crippen MR) is 47.4 cm³/mol. The van der Waals surface area contributed by atoms with Crippen LogP contribution in [0.15, 0.2) is 0 Å². The molecule has 0 saturated heterocycles. The van der Waals surface area contributed by atoms with E-state index in [0.29, 0.717) is 10.5 Å². The number of hydrogen-bond donors (Lipinski definition) is 0. The van der Waals surface area contributed by atoms with Gasteiger partial charge < -0.3 is 0 Å². The fourth-order valence-corrected chi connectivity index (χ4v) is 3.79. The lowest BCUT2D eigenvalue weighted by Crippen LogP contribution is -2.27. The van der Waals surface area contributed by atoms with Gasteiger partial charge in [0.05, 0.1) is 0 Å². The van der Waals surface area contributed by atoms with Crippen molar-refractivity contribution in [3.8, 4) is 0 Å². The topological polar surface area (TPSA) is 0 Å². The molecule has 0 bridgehead atoms. The van der Waals surface area contributed by atoms with E-state index < -0.39 is 0 Å². The molecule has 1 heteroatoms. The van der Waals surface area contributed by atoms with Crippen LogP contribution in [-0.4, -0.2) is 16.9 Å². The van der Waals surface area contributed by atoms with Gasteiger partial charge in [0.15, 0.2) is 0 Å². The van der Waals surface area contributed by atoms with Gasteiger partial charge >= 0.3 is 0 Å². The molecular weight excluding hydrogens is 128 g/mol. The molecule has 9 heavy (non-hydrogen) atoms. The molecule has 0 radical (unpaired) electrons. The molecule has 0 aromatic heterocycles. The molecule has 54 valence electrons. The molecule has 1 heterocycles. The summed E-state index contributed by atoms with van der Waals surface area (Å²) in [6.45, 7) is 4.60. The van der Waals surface area contributed by atoms with Crippen LogP contribution < -0.4 is 0 Å². The highest BCUT2D eigenvalue weighted by atomic mass is 32.2. The van der Waals surface area contributed by atoms with Crippen molar-refractivity contribution < 1.29 is 0 Å².